The topological polar surface area (TPSA) is 114 Å². The molecule has 10 heteroatoms. The average Bonchev–Trinajstić information content (AvgIpc) is 3.72. The molecule has 3 N–H and O–H groups in total. The summed E-state index contributed by atoms with van der Waals surface area (Å²) in [6, 6.07) is 17.9. The van der Waals surface area contributed by atoms with E-state index in [1.807, 2.05) is 37.3 Å². The van der Waals surface area contributed by atoms with Gasteiger partial charge in [0.1, 0.15) is 5.82 Å². The van der Waals surface area contributed by atoms with Crippen molar-refractivity contribution in [1.29, 1.82) is 0 Å². The predicted octanol–water partition coefficient (Wildman–Crippen LogP) is 4.86. The van der Waals surface area contributed by atoms with E-state index in [0.29, 0.717) is 53.4 Å². The third-order valence-corrected chi connectivity index (χ3v) is 7.17. The number of amides is 1. The lowest BCUT2D eigenvalue weighted by Gasteiger charge is -2.35. The molecule has 0 bridgehead atoms. The Hall–Kier alpha value is -4.15. The highest BCUT2D eigenvalue weighted by Crippen LogP contribution is 2.36. The zero-order chi connectivity index (χ0) is 27.5. The van der Waals surface area contributed by atoms with E-state index in [-0.39, 0.29) is 24.9 Å². The number of carbonyl (C=O) groups is 1. The zero-order valence-electron chi connectivity index (χ0n) is 22.2. The van der Waals surface area contributed by atoms with Crippen LogP contribution < -0.4 is 10.6 Å². The van der Waals surface area contributed by atoms with Gasteiger partial charge in [0.05, 0.1) is 35.7 Å². The van der Waals surface area contributed by atoms with Gasteiger partial charge in [-0.15, -0.1) is 0 Å². The number of aromatic amines is 1. The molecule has 4 aromatic rings. The molecule has 1 amide bonds. The van der Waals surface area contributed by atoms with E-state index in [1.165, 1.54) is 25.0 Å². The Morgan fingerprint density at radius 1 is 1.05 bits per heavy atom. The SMILES string of the molecule is CC1(C(=O)NCC2CC2)COC(c2nc(-c3ccc(F)cc3)c(-c3ccnc(NCc4ccccc4)n3)[nH]2)OC1. The van der Waals surface area contributed by atoms with Gasteiger partial charge in [0.15, 0.2) is 5.82 Å². The first-order chi connectivity index (χ1) is 19.5. The maximum atomic E-state index is 13.7. The number of anilines is 1. The van der Waals surface area contributed by atoms with Crippen molar-refractivity contribution < 1.29 is 18.7 Å². The van der Waals surface area contributed by atoms with Crippen LogP contribution in [-0.2, 0) is 20.8 Å². The first-order valence-electron chi connectivity index (χ1n) is 13.5. The van der Waals surface area contributed by atoms with Gasteiger partial charge in [-0.25, -0.2) is 19.3 Å². The lowest BCUT2D eigenvalue weighted by Crippen LogP contribution is -2.49. The van der Waals surface area contributed by atoms with Crippen molar-refractivity contribution >= 4 is 11.9 Å². The summed E-state index contributed by atoms with van der Waals surface area (Å²) in [5.41, 5.74) is 2.82. The lowest BCUT2D eigenvalue weighted by atomic mass is 9.91. The molecule has 0 unspecified atom stereocenters. The van der Waals surface area contributed by atoms with Crippen LogP contribution in [0.3, 0.4) is 0 Å². The molecular formula is C30H31FN6O3. The maximum absolute atomic E-state index is 13.7. The number of carbonyl (C=O) groups excluding carboxylic acids is 1. The number of nitrogens with one attached hydrogen (secondary N) is 3. The standard InChI is InChI=1S/C30H31FN6O3/c1-30(28(38)33-15-20-7-8-20)17-39-27(40-18-30)26-36-24(21-9-11-22(31)12-10-21)25(37-26)23-13-14-32-29(35-23)34-16-19-5-3-2-4-6-19/h2-6,9-14,20,27H,7-8,15-18H2,1H3,(H,33,38)(H,36,37)(H,32,34,35). The molecule has 1 aliphatic carbocycles. The van der Waals surface area contributed by atoms with E-state index in [0.717, 1.165) is 5.56 Å². The molecule has 2 aliphatic rings. The van der Waals surface area contributed by atoms with Gasteiger partial charge >= 0.3 is 0 Å². The molecule has 1 saturated carbocycles. The molecule has 0 atom stereocenters. The quantitative estimate of drug-likeness (QED) is 0.277. The van der Waals surface area contributed by atoms with Crippen LogP contribution in [0.1, 0.15) is 37.4 Å². The number of ether oxygens (including phenoxy) is 2. The maximum Gasteiger partial charge on any atom is 0.230 e. The predicted molar refractivity (Wildman–Crippen MR) is 147 cm³/mol. The van der Waals surface area contributed by atoms with Gasteiger partial charge in [0.25, 0.3) is 0 Å². The number of rotatable bonds is 9. The highest BCUT2D eigenvalue weighted by Gasteiger charge is 2.41. The number of imidazole rings is 1. The van der Waals surface area contributed by atoms with Crippen LogP contribution in [-0.4, -0.2) is 45.6 Å². The van der Waals surface area contributed by atoms with E-state index in [1.54, 1.807) is 24.4 Å². The van der Waals surface area contributed by atoms with Crippen molar-refractivity contribution in [1.82, 2.24) is 25.3 Å². The third-order valence-electron chi connectivity index (χ3n) is 7.17. The molecule has 9 nitrogen and oxygen atoms in total. The summed E-state index contributed by atoms with van der Waals surface area (Å²) in [5.74, 6) is 1.08. The van der Waals surface area contributed by atoms with E-state index in [9.17, 15) is 9.18 Å². The van der Waals surface area contributed by atoms with Crippen molar-refractivity contribution in [3.8, 4) is 22.6 Å². The van der Waals surface area contributed by atoms with Gasteiger partial charge in [0, 0.05) is 24.8 Å². The molecule has 0 radical (unpaired) electrons. The fraction of sp³-hybridized carbons (Fsp3) is 0.333. The Kier molecular flexibility index (Phi) is 7.27. The van der Waals surface area contributed by atoms with Crippen molar-refractivity contribution in [3.63, 3.8) is 0 Å². The first kappa shape index (κ1) is 26.1. The molecule has 0 spiro atoms. The summed E-state index contributed by atoms with van der Waals surface area (Å²) in [4.78, 5) is 29.9. The largest absolute Gasteiger partial charge is 0.355 e. The Morgan fingerprint density at radius 3 is 2.52 bits per heavy atom. The molecule has 206 valence electrons. The second-order valence-electron chi connectivity index (χ2n) is 10.6. The molecule has 3 heterocycles. The minimum Gasteiger partial charge on any atom is -0.355 e. The van der Waals surface area contributed by atoms with Gasteiger partial charge < -0.3 is 25.1 Å². The minimum atomic E-state index is -0.797. The molecule has 2 aromatic heterocycles. The fourth-order valence-electron chi connectivity index (χ4n) is 4.54. The molecule has 40 heavy (non-hydrogen) atoms. The number of benzene rings is 2. The zero-order valence-corrected chi connectivity index (χ0v) is 22.2. The van der Waals surface area contributed by atoms with Gasteiger partial charge in [0.2, 0.25) is 18.1 Å². The Labute approximate surface area is 231 Å². The van der Waals surface area contributed by atoms with Gasteiger partial charge in [-0.05, 0) is 61.6 Å². The first-order valence-corrected chi connectivity index (χ1v) is 13.5. The third kappa shape index (κ3) is 5.88. The fourth-order valence-corrected chi connectivity index (χ4v) is 4.54. The molecule has 2 aromatic carbocycles. The average molecular weight is 543 g/mol. The van der Waals surface area contributed by atoms with E-state index >= 15 is 0 Å². The van der Waals surface area contributed by atoms with Gasteiger partial charge in [-0.1, -0.05) is 30.3 Å². The number of hydrogen-bond acceptors (Lipinski definition) is 7. The molecule has 2 fully saturated rings. The molecule has 6 rings (SSSR count). The van der Waals surface area contributed by atoms with E-state index in [4.69, 9.17) is 19.4 Å². The summed E-state index contributed by atoms with van der Waals surface area (Å²) in [5, 5.41) is 6.28. The monoisotopic (exact) mass is 542 g/mol. The van der Waals surface area contributed by atoms with Gasteiger partial charge in [-0.2, -0.15) is 0 Å². The number of nitrogens with zero attached hydrogens (tertiary/aromatic N) is 3. The van der Waals surface area contributed by atoms with Crippen LogP contribution in [0.25, 0.3) is 22.6 Å². The van der Waals surface area contributed by atoms with Crippen LogP contribution in [0.4, 0.5) is 10.3 Å². The summed E-state index contributed by atoms with van der Waals surface area (Å²) < 4.78 is 25.7. The summed E-state index contributed by atoms with van der Waals surface area (Å²) in [7, 11) is 0. The number of hydrogen-bond donors (Lipinski definition) is 3. The second-order valence-corrected chi connectivity index (χ2v) is 10.6. The van der Waals surface area contributed by atoms with Crippen LogP contribution in [0.5, 0.6) is 0 Å². The van der Waals surface area contributed by atoms with Crippen molar-refractivity contribution in [2.45, 2.75) is 32.6 Å². The number of aromatic nitrogens is 4. The molecule has 1 saturated heterocycles. The highest BCUT2D eigenvalue weighted by atomic mass is 19.1. The van der Waals surface area contributed by atoms with E-state index in [2.05, 4.69) is 20.6 Å². The molecule has 1 aliphatic heterocycles. The van der Waals surface area contributed by atoms with Crippen molar-refractivity contribution in [2.75, 3.05) is 25.1 Å². The van der Waals surface area contributed by atoms with Crippen molar-refractivity contribution in [2.24, 2.45) is 11.3 Å². The van der Waals surface area contributed by atoms with Crippen LogP contribution in [0, 0.1) is 17.2 Å². The van der Waals surface area contributed by atoms with Crippen molar-refractivity contribution in [3.05, 3.63) is 84.1 Å². The molecular weight excluding hydrogens is 511 g/mol. The van der Waals surface area contributed by atoms with E-state index < -0.39 is 11.7 Å². The highest BCUT2D eigenvalue weighted by molar-refractivity contribution is 5.82. The van der Waals surface area contributed by atoms with Crippen LogP contribution in [0.15, 0.2) is 66.9 Å². The Morgan fingerprint density at radius 2 is 1.80 bits per heavy atom. The van der Waals surface area contributed by atoms with Crippen LogP contribution >= 0.6 is 0 Å². The second kappa shape index (κ2) is 11.1. The normalized spacial score (nSPS) is 20.7. The summed E-state index contributed by atoms with van der Waals surface area (Å²) in [6.07, 6.45) is 3.21. The van der Waals surface area contributed by atoms with Gasteiger partial charge in [-0.3, -0.25) is 4.79 Å². The Balaban J connectivity index is 1.23. The smallest absolute Gasteiger partial charge is 0.230 e. The number of H-pyrrole nitrogens is 1. The Bertz CT molecular complexity index is 1460. The number of halogens is 1. The lowest BCUT2D eigenvalue weighted by molar-refractivity contribution is -0.231. The summed E-state index contributed by atoms with van der Waals surface area (Å²) in [6.45, 7) is 3.49. The summed E-state index contributed by atoms with van der Waals surface area (Å²) >= 11 is 0. The minimum absolute atomic E-state index is 0.0681. The van der Waals surface area contributed by atoms with Crippen LogP contribution in [0.2, 0.25) is 0 Å².